The molecule has 0 N–H and O–H groups in total. The molecule has 2 rings (SSSR count). The summed E-state index contributed by atoms with van der Waals surface area (Å²) >= 11 is 3.44. The second kappa shape index (κ2) is 6.61. The molecule has 0 fully saturated rings. The SMILES string of the molecule is CC(=O)c1cc(C(C)(C)C)nc(Br)c1OCc1ccccc1. The lowest BCUT2D eigenvalue weighted by atomic mass is 9.90. The van der Waals surface area contributed by atoms with Gasteiger partial charge < -0.3 is 4.74 Å². The van der Waals surface area contributed by atoms with Crippen molar-refractivity contribution < 1.29 is 9.53 Å². The lowest BCUT2D eigenvalue weighted by molar-refractivity contribution is 0.101. The van der Waals surface area contributed by atoms with E-state index in [1.54, 1.807) is 6.92 Å². The van der Waals surface area contributed by atoms with Gasteiger partial charge >= 0.3 is 0 Å². The molecule has 0 saturated heterocycles. The number of nitrogens with zero attached hydrogens (tertiary/aromatic N) is 1. The molecule has 1 aromatic carbocycles. The van der Waals surface area contributed by atoms with E-state index in [1.165, 1.54) is 0 Å². The molecule has 0 saturated carbocycles. The molecule has 0 aliphatic rings. The first-order chi connectivity index (χ1) is 10.3. The van der Waals surface area contributed by atoms with E-state index in [4.69, 9.17) is 4.74 Å². The molecule has 116 valence electrons. The van der Waals surface area contributed by atoms with E-state index in [-0.39, 0.29) is 11.2 Å². The zero-order chi connectivity index (χ0) is 16.3. The number of pyridine rings is 1. The summed E-state index contributed by atoms with van der Waals surface area (Å²) in [6.45, 7) is 8.14. The predicted octanol–water partition coefficient (Wildman–Crippen LogP) is 4.92. The summed E-state index contributed by atoms with van der Waals surface area (Å²) in [5.41, 5.74) is 2.33. The van der Waals surface area contributed by atoms with Crippen LogP contribution >= 0.6 is 15.9 Å². The number of ketones is 1. The smallest absolute Gasteiger partial charge is 0.163 e. The summed E-state index contributed by atoms with van der Waals surface area (Å²) in [5, 5.41) is 0. The third-order valence-corrected chi connectivity index (χ3v) is 3.84. The largest absolute Gasteiger partial charge is 0.485 e. The first-order valence-corrected chi connectivity index (χ1v) is 7.97. The molecule has 1 aromatic heterocycles. The molecule has 0 bridgehead atoms. The van der Waals surface area contributed by atoms with Crippen molar-refractivity contribution >= 4 is 21.7 Å². The molecule has 0 unspecified atom stereocenters. The highest BCUT2D eigenvalue weighted by molar-refractivity contribution is 9.10. The fraction of sp³-hybridized carbons (Fsp3) is 0.333. The molecule has 2 aromatic rings. The van der Waals surface area contributed by atoms with Crippen molar-refractivity contribution in [1.29, 1.82) is 0 Å². The summed E-state index contributed by atoms with van der Waals surface area (Å²) in [7, 11) is 0. The van der Waals surface area contributed by atoms with Crippen molar-refractivity contribution in [2.45, 2.75) is 39.7 Å². The van der Waals surface area contributed by atoms with Crippen LogP contribution in [0.15, 0.2) is 41.0 Å². The van der Waals surface area contributed by atoms with Gasteiger partial charge in [-0.15, -0.1) is 0 Å². The van der Waals surface area contributed by atoms with E-state index < -0.39 is 0 Å². The molecular weight excluding hydrogens is 342 g/mol. The lowest BCUT2D eigenvalue weighted by Gasteiger charge is -2.20. The summed E-state index contributed by atoms with van der Waals surface area (Å²) in [5.74, 6) is 0.473. The van der Waals surface area contributed by atoms with Crippen molar-refractivity contribution in [3.05, 3.63) is 57.8 Å². The van der Waals surface area contributed by atoms with E-state index in [9.17, 15) is 4.79 Å². The van der Waals surface area contributed by atoms with Crippen molar-refractivity contribution in [3.63, 3.8) is 0 Å². The Morgan fingerprint density at radius 1 is 1.23 bits per heavy atom. The molecule has 0 atom stereocenters. The normalized spacial score (nSPS) is 11.3. The van der Waals surface area contributed by atoms with Gasteiger partial charge in [0.25, 0.3) is 0 Å². The van der Waals surface area contributed by atoms with E-state index in [0.29, 0.717) is 22.5 Å². The van der Waals surface area contributed by atoms with Crippen LogP contribution in [0.3, 0.4) is 0 Å². The monoisotopic (exact) mass is 361 g/mol. The Kier molecular flexibility index (Phi) is 5.01. The highest BCUT2D eigenvalue weighted by atomic mass is 79.9. The van der Waals surface area contributed by atoms with Crippen LogP contribution < -0.4 is 4.74 Å². The predicted molar refractivity (Wildman–Crippen MR) is 91.4 cm³/mol. The van der Waals surface area contributed by atoms with Crippen LogP contribution in [0, 0.1) is 0 Å². The molecule has 0 spiro atoms. The number of aromatic nitrogens is 1. The maximum absolute atomic E-state index is 12.0. The van der Waals surface area contributed by atoms with Crippen molar-refractivity contribution in [1.82, 2.24) is 4.98 Å². The zero-order valence-corrected chi connectivity index (χ0v) is 14.9. The van der Waals surface area contributed by atoms with Gasteiger partial charge in [0.1, 0.15) is 11.2 Å². The Morgan fingerprint density at radius 3 is 2.41 bits per heavy atom. The van der Waals surface area contributed by atoms with Crippen LogP contribution in [0.25, 0.3) is 0 Å². The van der Waals surface area contributed by atoms with Crippen LogP contribution in [0.5, 0.6) is 5.75 Å². The first-order valence-electron chi connectivity index (χ1n) is 7.17. The molecular formula is C18H20BrNO2. The van der Waals surface area contributed by atoms with Crippen LogP contribution in [-0.2, 0) is 12.0 Å². The summed E-state index contributed by atoms with van der Waals surface area (Å²) in [6.07, 6.45) is 0. The number of benzene rings is 1. The van der Waals surface area contributed by atoms with Gasteiger partial charge in [-0.2, -0.15) is 0 Å². The number of carbonyl (C=O) groups excluding carboxylic acids is 1. The van der Waals surface area contributed by atoms with Crippen LogP contribution in [-0.4, -0.2) is 10.8 Å². The Hall–Kier alpha value is -1.68. The van der Waals surface area contributed by atoms with Gasteiger partial charge in [-0.25, -0.2) is 4.98 Å². The number of ether oxygens (including phenoxy) is 1. The van der Waals surface area contributed by atoms with E-state index in [2.05, 4.69) is 41.7 Å². The average molecular weight is 362 g/mol. The second-order valence-electron chi connectivity index (χ2n) is 6.26. The summed E-state index contributed by atoms with van der Waals surface area (Å²) in [4.78, 5) is 16.5. The maximum atomic E-state index is 12.0. The van der Waals surface area contributed by atoms with Gasteiger partial charge in [-0.05, 0) is 34.5 Å². The Balaban J connectivity index is 2.36. The first kappa shape index (κ1) is 16.7. The minimum absolute atomic E-state index is 0.0309. The van der Waals surface area contributed by atoms with E-state index >= 15 is 0 Å². The molecule has 0 radical (unpaired) electrons. The summed E-state index contributed by atoms with van der Waals surface area (Å²) in [6, 6.07) is 11.7. The van der Waals surface area contributed by atoms with Gasteiger partial charge in [-0.3, -0.25) is 4.79 Å². The Bertz CT molecular complexity index is 675. The highest BCUT2D eigenvalue weighted by Crippen LogP contribution is 2.33. The molecule has 4 heteroatoms. The van der Waals surface area contributed by atoms with Gasteiger partial charge in [-0.1, -0.05) is 51.1 Å². The Labute approximate surface area is 139 Å². The van der Waals surface area contributed by atoms with Crippen LogP contribution in [0.1, 0.15) is 49.3 Å². The number of hydrogen-bond donors (Lipinski definition) is 0. The number of rotatable bonds is 4. The number of Topliss-reactive ketones (excluding diaryl/α,β-unsaturated/α-hetero) is 1. The van der Waals surface area contributed by atoms with Gasteiger partial charge in [0, 0.05) is 11.1 Å². The van der Waals surface area contributed by atoms with Gasteiger partial charge in [0.2, 0.25) is 0 Å². The van der Waals surface area contributed by atoms with Gasteiger partial charge in [0.05, 0.1) is 5.56 Å². The Morgan fingerprint density at radius 2 is 1.86 bits per heavy atom. The number of hydrogen-bond acceptors (Lipinski definition) is 3. The molecule has 1 heterocycles. The fourth-order valence-electron chi connectivity index (χ4n) is 2.01. The average Bonchev–Trinajstić information content (AvgIpc) is 2.45. The second-order valence-corrected chi connectivity index (χ2v) is 7.01. The van der Waals surface area contributed by atoms with Crippen LogP contribution in [0.2, 0.25) is 0 Å². The summed E-state index contributed by atoms with van der Waals surface area (Å²) < 4.78 is 6.42. The molecule has 0 amide bonds. The third-order valence-electron chi connectivity index (χ3n) is 3.31. The van der Waals surface area contributed by atoms with Crippen molar-refractivity contribution in [3.8, 4) is 5.75 Å². The lowest BCUT2D eigenvalue weighted by Crippen LogP contribution is -2.16. The minimum atomic E-state index is -0.134. The molecule has 3 nitrogen and oxygen atoms in total. The molecule has 0 aliphatic heterocycles. The topological polar surface area (TPSA) is 39.2 Å². The van der Waals surface area contributed by atoms with Crippen LogP contribution in [0.4, 0.5) is 0 Å². The van der Waals surface area contributed by atoms with Gasteiger partial charge in [0.15, 0.2) is 11.5 Å². The van der Waals surface area contributed by atoms with Crippen molar-refractivity contribution in [2.75, 3.05) is 0 Å². The number of carbonyl (C=O) groups is 1. The maximum Gasteiger partial charge on any atom is 0.163 e. The van der Waals surface area contributed by atoms with E-state index in [1.807, 2.05) is 36.4 Å². The van der Waals surface area contributed by atoms with Crippen molar-refractivity contribution in [2.24, 2.45) is 0 Å². The molecule has 22 heavy (non-hydrogen) atoms. The quantitative estimate of drug-likeness (QED) is 0.572. The number of halogens is 1. The van der Waals surface area contributed by atoms with E-state index in [0.717, 1.165) is 11.3 Å². The zero-order valence-electron chi connectivity index (χ0n) is 13.3. The standard InChI is InChI=1S/C18H20BrNO2/c1-12(21)14-10-15(18(2,3)4)20-17(19)16(14)22-11-13-8-6-5-7-9-13/h5-10H,11H2,1-4H3. The molecule has 0 aliphatic carbocycles. The minimum Gasteiger partial charge on any atom is -0.485 e. The third kappa shape index (κ3) is 3.95. The fourth-order valence-corrected chi connectivity index (χ4v) is 2.53. The highest BCUT2D eigenvalue weighted by Gasteiger charge is 2.22.